The predicted molar refractivity (Wildman–Crippen MR) is 76.2 cm³/mol. The third-order valence-electron chi connectivity index (χ3n) is 2.29. The topological polar surface area (TPSA) is 17.1 Å². The Balaban J connectivity index is 2.10. The van der Waals surface area contributed by atoms with Crippen LogP contribution in [0.25, 0.3) is 0 Å². The Morgan fingerprint density at radius 2 is 1.88 bits per heavy atom. The molecule has 82 valence electrons. The molecule has 0 aliphatic heterocycles. The fourth-order valence-corrected chi connectivity index (χ4v) is 2.62. The average molecular weight is 342 g/mol. The summed E-state index contributed by atoms with van der Waals surface area (Å²) in [5.41, 5.74) is 1.08. The lowest BCUT2D eigenvalue weighted by molar-refractivity contribution is 0.0997. The lowest BCUT2D eigenvalue weighted by atomic mass is 10.1. The van der Waals surface area contributed by atoms with E-state index in [0.717, 1.165) is 10.4 Å². The number of ketones is 1. The van der Waals surface area contributed by atoms with Crippen molar-refractivity contribution in [2.45, 2.75) is 13.3 Å². The van der Waals surface area contributed by atoms with Crippen molar-refractivity contribution >= 4 is 39.7 Å². The van der Waals surface area contributed by atoms with E-state index in [-0.39, 0.29) is 5.78 Å². The van der Waals surface area contributed by atoms with Crippen molar-refractivity contribution in [3.8, 4) is 0 Å². The van der Waals surface area contributed by atoms with Gasteiger partial charge in [-0.25, -0.2) is 0 Å². The summed E-state index contributed by atoms with van der Waals surface area (Å²) in [5, 5.41) is 0. The summed E-state index contributed by atoms with van der Waals surface area (Å²) in [7, 11) is 0. The lowest BCUT2D eigenvalue weighted by Gasteiger charge is -1.99. The molecule has 0 atom stereocenters. The van der Waals surface area contributed by atoms with Gasteiger partial charge in [0.15, 0.2) is 5.78 Å². The first-order chi connectivity index (χ1) is 7.65. The van der Waals surface area contributed by atoms with Gasteiger partial charge in [-0.2, -0.15) is 0 Å². The average Bonchev–Trinajstić information content (AvgIpc) is 2.68. The van der Waals surface area contributed by atoms with Crippen LogP contribution in [0.4, 0.5) is 0 Å². The van der Waals surface area contributed by atoms with E-state index in [2.05, 4.69) is 22.6 Å². The van der Waals surface area contributed by atoms with Crippen molar-refractivity contribution in [3.63, 3.8) is 0 Å². The van der Waals surface area contributed by atoms with Crippen LogP contribution >= 0.6 is 33.9 Å². The maximum Gasteiger partial charge on any atom is 0.177 e. The number of thiophene rings is 1. The summed E-state index contributed by atoms with van der Waals surface area (Å²) in [6, 6.07) is 12.0. The van der Waals surface area contributed by atoms with Gasteiger partial charge in [0.25, 0.3) is 0 Å². The van der Waals surface area contributed by atoms with Gasteiger partial charge in [0.2, 0.25) is 0 Å². The lowest BCUT2D eigenvalue weighted by Crippen LogP contribution is -2.00. The summed E-state index contributed by atoms with van der Waals surface area (Å²) in [6.45, 7) is 2.02. The van der Waals surface area contributed by atoms with Crippen LogP contribution in [0.15, 0.2) is 36.4 Å². The van der Waals surface area contributed by atoms with Crippen LogP contribution in [0.3, 0.4) is 0 Å². The van der Waals surface area contributed by atoms with Gasteiger partial charge in [-0.05, 0) is 59.3 Å². The van der Waals surface area contributed by atoms with Gasteiger partial charge in [-0.15, -0.1) is 11.3 Å². The molecule has 0 unspecified atom stereocenters. The Kier molecular flexibility index (Phi) is 3.76. The fraction of sp³-hybridized carbons (Fsp3) is 0.154. The molecule has 1 aromatic heterocycles. The number of rotatable bonds is 3. The van der Waals surface area contributed by atoms with Gasteiger partial charge in [-0.1, -0.05) is 12.1 Å². The molecule has 0 fully saturated rings. The zero-order valence-corrected chi connectivity index (χ0v) is 11.8. The number of hydrogen-bond donors (Lipinski definition) is 0. The molecule has 0 aliphatic rings. The predicted octanol–water partition coefficient (Wildman–Crippen LogP) is 4.09. The molecule has 0 radical (unpaired) electrons. The van der Waals surface area contributed by atoms with Crippen molar-refractivity contribution in [1.29, 1.82) is 0 Å². The minimum Gasteiger partial charge on any atom is -0.293 e. The van der Waals surface area contributed by atoms with Crippen molar-refractivity contribution in [2.24, 2.45) is 0 Å². The van der Waals surface area contributed by atoms with Gasteiger partial charge in [-0.3, -0.25) is 4.79 Å². The number of carbonyl (C=O) groups excluding carboxylic acids is 1. The maximum absolute atomic E-state index is 11.9. The second kappa shape index (κ2) is 5.10. The van der Waals surface area contributed by atoms with E-state index in [1.54, 1.807) is 11.3 Å². The van der Waals surface area contributed by atoms with E-state index >= 15 is 0 Å². The molecule has 2 rings (SSSR count). The van der Waals surface area contributed by atoms with Crippen LogP contribution in [-0.2, 0) is 6.42 Å². The Hall–Kier alpha value is -0.680. The first-order valence-electron chi connectivity index (χ1n) is 4.99. The van der Waals surface area contributed by atoms with Gasteiger partial charge < -0.3 is 0 Å². The number of Topliss-reactive ketones (excluding diaryl/α,β-unsaturated/α-hetero) is 1. The van der Waals surface area contributed by atoms with Crippen LogP contribution in [0.5, 0.6) is 0 Å². The molecule has 0 amide bonds. The van der Waals surface area contributed by atoms with Gasteiger partial charge in [0, 0.05) is 14.9 Å². The smallest absolute Gasteiger partial charge is 0.177 e. The van der Waals surface area contributed by atoms with E-state index in [9.17, 15) is 4.79 Å². The highest BCUT2D eigenvalue weighted by molar-refractivity contribution is 14.1. The molecule has 1 nitrogen and oxygen atoms in total. The van der Waals surface area contributed by atoms with Crippen molar-refractivity contribution in [2.75, 3.05) is 0 Å². The number of hydrogen-bond acceptors (Lipinski definition) is 2. The highest BCUT2D eigenvalue weighted by Gasteiger charge is 2.08. The Morgan fingerprint density at radius 3 is 2.44 bits per heavy atom. The number of halogens is 1. The Bertz CT molecular complexity index is 499. The fourth-order valence-electron chi connectivity index (χ4n) is 1.46. The standard InChI is InChI=1S/C13H11IOS/c1-9-2-7-13(16-9)12(15)8-10-3-5-11(14)6-4-10/h2-7H,8H2,1H3. The van der Waals surface area contributed by atoms with E-state index in [1.165, 1.54) is 8.45 Å². The molecule has 16 heavy (non-hydrogen) atoms. The quantitative estimate of drug-likeness (QED) is 0.607. The summed E-state index contributed by atoms with van der Waals surface area (Å²) in [5.74, 6) is 0.208. The van der Waals surface area contributed by atoms with E-state index in [0.29, 0.717) is 6.42 Å². The first-order valence-corrected chi connectivity index (χ1v) is 6.89. The SMILES string of the molecule is Cc1ccc(C(=O)Cc2ccc(I)cc2)s1. The monoisotopic (exact) mass is 342 g/mol. The van der Waals surface area contributed by atoms with Crippen LogP contribution in [0, 0.1) is 10.5 Å². The molecule has 0 aliphatic carbocycles. The first kappa shape index (κ1) is 11.8. The molecule has 1 heterocycles. The Labute approximate surface area is 113 Å². The highest BCUT2D eigenvalue weighted by Crippen LogP contribution is 2.18. The van der Waals surface area contributed by atoms with Crippen molar-refractivity contribution in [3.05, 3.63) is 55.3 Å². The zero-order chi connectivity index (χ0) is 11.5. The zero-order valence-electron chi connectivity index (χ0n) is 8.87. The second-order valence-electron chi connectivity index (χ2n) is 3.64. The molecule has 0 N–H and O–H groups in total. The molecule has 0 saturated heterocycles. The van der Waals surface area contributed by atoms with E-state index in [4.69, 9.17) is 0 Å². The van der Waals surface area contributed by atoms with Crippen molar-refractivity contribution < 1.29 is 4.79 Å². The summed E-state index contributed by atoms with van der Waals surface area (Å²) < 4.78 is 1.20. The van der Waals surface area contributed by atoms with Gasteiger partial charge in [0.05, 0.1) is 4.88 Å². The van der Waals surface area contributed by atoms with Crippen LogP contribution < -0.4 is 0 Å². The number of carbonyl (C=O) groups is 1. The Morgan fingerprint density at radius 1 is 1.19 bits per heavy atom. The van der Waals surface area contributed by atoms with E-state index < -0.39 is 0 Å². The van der Waals surface area contributed by atoms with Gasteiger partial charge in [0.1, 0.15) is 0 Å². The molecule has 0 bridgehead atoms. The molecular weight excluding hydrogens is 331 g/mol. The number of aryl methyl sites for hydroxylation is 1. The largest absolute Gasteiger partial charge is 0.293 e. The van der Waals surface area contributed by atoms with Crippen LogP contribution in [0.1, 0.15) is 20.1 Å². The summed E-state index contributed by atoms with van der Waals surface area (Å²) in [6.07, 6.45) is 0.497. The third kappa shape index (κ3) is 2.92. The molecule has 0 saturated carbocycles. The van der Waals surface area contributed by atoms with Crippen LogP contribution in [0.2, 0.25) is 0 Å². The summed E-state index contributed by atoms with van der Waals surface area (Å²) in [4.78, 5) is 14.0. The van der Waals surface area contributed by atoms with Gasteiger partial charge >= 0.3 is 0 Å². The minimum absolute atomic E-state index is 0.208. The van der Waals surface area contributed by atoms with E-state index in [1.807, 2.05) is 43.3 Å². The van der Waals surface area contributed by atoms with Crippen molar-refractivity contribution in [1.82, 2.24) is 0 Å². The maximum atomic E-state index is 11.9. The molecular formula is C13H11IOS. The molecule has 0 spiro atoms. The highest BCUT2D eigenvalue weighted by atomic mass is 127. The van der Waals surface area contributed by atoms with Crippen LogP contribution in [-0.4, -0.2) is 5.78 Å². The summed E-state index contributed by atoms with van der Waals surface area (Å²) >= 11 is 3.83. The molecule has 3 heteroatoms. The normalized spacial score (nSPS) is 10.4. The minimum atomic E-state index is 0.208. The third-order valence-corrected chi connectivity index (χ3v) is 4.05. The second-order valence-corrected chi connectivity index (χ2v) is 6.17. The number of benzene rings is 1. The molecule has 2 aromatic rings. The molecule has 1 aromatic carbocycles.